The summed E-state index contributed by atoms with van der Waals surface area (Å²) in [4.78, 5) is 27.1. The summed E-state index contributed by atoms with van der Waals surface area (Å²) in [5.74, 6) is -0.210. The van der Waals surface area contributed by atoms with Crippen LogP contribution in [0.1, 0.15) is 70.0 Å². The van der Waals surface area contributed by atoms with Crippen molar-refractivity contribution in [3.05, 3.63) is 62.7 Å². The van der Waals surface area contributed by atoms with Crippen LogP contribution in [0.25, 0.3) is 0 Å². The second-order valence-corrected chi connectivity index (χ2v) is 9.95. The van der Waals surface area contributed by atoms with Gasteiger partial charge in [-0.25, -0.2) is 9.48 Å². The number of halogens is 1. The average molecular weight is 502 g/mol. The Labute approximate surface area is 208 Å². The molecule has 0 aliphatic heterocycles. The molecule has 0 saturated heterocycles. The number of thiophene rings is 1. The first-order valence-corrected chi connectivity index (χ1v) is 12.6. The van der Waals surface area contributed by atoms with Gasteiger partial charge in [0.25, 0.3) is 5.91 Å². The van der Waals surface area contributed by atoms with Gasteiger partial charge in [0, 0.05) is 11.1 Å². The van der Waals surface area contributed by atoms with Crippen LogP contribution in [-0.2, 0) is 24.3 Å². The number of anilines is 1. The van der Waals surface area contributed by atoms with E-state index in [1.165, 1.54) is 16.0 Å². The molecule has 1 N–H and O–H groups in total. The summed E-state index contributed by atoms with van der Waals surface area (Å²) in [7, 11) is 0. The Morgan fingerprint density at radius 3 is 2.85 bits per heavy atom. The van der Waals surface area contributed by atoms with Crippen LogP contribution >= 0.6 is 22.9 Å². The van der Waals surface area contributed by atoms with Crippen LogP contribution in [0.15, 0.2) is 30.5 Å². The molecule has 0 spiro atoms. The lowest BCUT2D eigenvalue weighted by atomic mass is 9.95. The Kier molecular flexibility index (Phi) is 7.58. The minimum absolute atomic E-state index is 0.107. The van der Waals surface area contributed by atoms with Gasteiger partial charge in [-0.05, 0) is 75.3 Å². The van der Waals surface area contributed by atoms with E-state index < -0.39 is 0 Å². The number of fused-ring (bicyclic) bond motifs is 1. The molecule has 180 valence electrons. The van der Waals surface area contributed by atoms with Crippen molar-refractivity contribution < 1.29 is 19.1 Å². The predicted octanol–water partition coefficient (Wildman–Crippen LogP) is 6.03. The number of aryl methyl sites for hydroxylation is 2. The third kappa shape index (κ3) is 5.45. The number of carbonyl (C=O) groups is 2. The minimum Gasteiger partial charge on any atom is -0.470 e. The van der Waals surface area contributed by atoms with Crippen LogP contribution in [-0.4, -0.2) is 27.8 Å². The lowest BCUT2D eigenvalue weighted by Crippen LogP contribution is -2.19. The smallest absolute Gasteiger partial charge is 0.341 e. The number of ether oxygens (including phenoxy) is 2. The molecule has 0 bridgehead atoms. The highest BCUT2D eigenvalue weighted by molar-refractivity contribution is 7.17. The zero-order chi connectivity index (χ0) is 24.2. The van der Waals surface area contributed by atoms with Crippen LogP contribution in [0.3, 0.4) is 0 Å². The molecule has 1 aromatic carbocycles. The highest BCUT2D eigenvalue weighted by atomic mass is 35.5. The molecule has 0 radical (unpaired) electrons. The van der Waals surface area contributed by atoms with Crippen LogP contribution in [0.4, 0.5) is 5.00 Å². The van der Waals surface area contributed by atoms with Gasteiger partial charge in [0.2, 0.25) is 0 Å². The summed E-state index contributed by atoms with van der Waals surface area (Å²) in [5.41, 5.74) is 2.76. The first-order valence-electron chi connectivity index (χ1n) is 11.4. The highest BCUT2D eigenvalue weighted by Gasteiger charge is 2.28. The number of benzene rings is 1. The molecule has 1 amide bonds. The van der Waals surface area contributed by atoms with E-state index in [0.717, 1.165) is 48.1 Å². The maximum Gasteiger partial charge on any atom is 0.341 e. The molecular formula is C25H28ClN3O4S. The molecule has 3 aromatic rings. The number of amides is 1. The Balaban J connectivity index is 1.48. The Morgan fingerprint density at radius 1 is 1.26 bits per heavy atom. The standard InChI is InChI=1S/C25H28ClN3O4S/c1-4-16(3)33-25(31)22-17-7-5-6-8-21(17)34-24(22)27-23(30)19-11-12-29(28-19)14-32-20-13-15(2)9-10-18(20)26/h9-13,16H,4-8,14H2,1-3H3,(H,27,30). The molecule has 2 heterocycles. The largest absolute Gasteiger partial charge is 0.470 e. The van der Waals surface area contributed by atoms with Gasteiger partial charge in [0.15, 0.2) is 12.4 Å². The third-order valence-electron chi connectivity index (χ3n) is 5.80. The van der Waals surface area contributed by atoms with E-state index in [1.807, 2.05) is 32.9 Å². The van der Waals surface area contributed by atoms with E-state index in [1.54, 1.807) is 18.3 Å². The highest BCUT2D eigenvalue weighted by Crippen LogP contribution is 2.39. The normalized spacial score (nSPS) is 13.8. The van der Waals surface area contributed by atoms with Crippen molar-refractivity contribution in [3.8, 4) is 5.75 Å². The SMILES string of the molecule is CCC(C)OC(=O)c1c(NC(=O)c2ccn(COc3cc(C)ccc3Cl)n2)sc2c1CCCC2. The van der Waals surface area contributed by atoms with Crippen molar-refractivity contribution >= 4 is 39.8 Å². The van der Waals surface area contributed by atoms with Gasteiger partial charge in [-0.1, -0.05) is 24.6 Å². The molecule has 1 atom stereocenters. The van der Waals surface area contributed by atoms with E-state index in [-0.39, 0.29) is 30.4 Å². The number of esters is 1. The molecule has 1 aliphatic rings. The molecule has 0 fully saturated rings. The van der Waals surface area contributed by atoms with Crippen molar-refractivity contribution in [1.82, 2.24) is 9.78 Å². The quantitative estimate of drug-likeness (QED) is 0.381. The van der Waals surface area contributed by atoms with Gasteiger partial charge < -0.3 is 14.8 Å². The summed E-state index contributed by atoms with van der Waals surface area (Å²) in [6, 6.07) is 7.14. The van der Waals surface area contributed by atoms with Crippen molar-refractivity contribution in [2.45, 2.75) is 65.7 Å². The zero-order valence-corrected chi connectivity index (χ0v) is 21.1. The molecule has 0 saturated carbocycles. The number of hydrogen-bond acceptors (Lipinski definition) is 6. The van der Waals surface area contributed by atoms with Gasteiger partial charge in [-0.2, -0.15) is 5.10 Å². The summed E-state index contributed by atoms with van der Waals surface area (Å²) < 4.78 is 12.9. The maximum atomic E-state index is 13.0. The second-order valence-electron chi connectivity index (χ2n) is 8.44. The Morgan fingerprint density at radius 2 is 2.06 bits per heavy atom. The Bertz CT molecular complexity index is 1200. The van der Waals surface area contributed by atoms with Gasteiger partial charge in [-0.3, -0.25) is 4.79 Å². The van der Waals surface area contributed by atoms with E-state index in [0.29, 0.717) is 21.3 Å². The second kappa shape index (κ2) is 10.6. The summed E-state index contributed by atoms with van der Waals surface area (Å²) >= 11 is 7.64. The summed E-state index contributed by atoms with van der Waals surface area (Å²) in [5, 5.41) is 8.26. The number of rotatable bonds is 8. The van der Waals surface area contributed by atoms with Gasteiger partial charge >= 0.3 is 5.97 Å². The van der Waals surface area contributed by atoms with Crippen LogP contribution in [0.5, 0.6) is 5.75 Å². The monoisotopic (exact) mass is 501 g/mol. The fourth-order valence-corrected chi connectivity index (χ4v) is 5.22. The summed E-state index contributed by atoms with van der Waals surface area (Å²) in [6.07, 6.45) is 6.04. The molecule has 2 aromatic heterocycles. The number of carbonyl (C=O) groups excluding carboxylic acids is 2. The first kappa shape index (κ1) is 24.3. The topological polar surface area (TPSA) is 82.5 Å². The number of nitrogens with one attached hydrogen (secondary N) is 1. The number of aromatic nitrogens is 2. The van der Waals surface area contributed by atoms with Crippen LogP contribution < -0.4 is 10.1 Å². The fourth-order valence-electron chi connectivity index (χ4n) is 3.77. The summed E-state index contributed by atoms with van der Waals surface area (Å²) in [6.45, 7) is 5.90. The van der Waals surface area contributed by atoms with Gasteiger partial charge in [-0.15, -0.1) is 11.3 Å². The lowest BCUT2D eigenvalue weighted by molar-refractivity contribution is 0.0335. The average Bonchev–Trinajstić information content (AvgIpc) is 3.44. The molecule has 7 nitrogen and oxygen atoms in total. The van der Waals surface area contributed by atoms with E-state index >= 15 is 0 Å². The van der Waals surface area contributed by atoms with E-state index in [2.05, 4.69) is 10.4 Å². The molecular weight excluding hydrogens is 474 g/mol. The van der Waals surface area contributed by atoms with Crippen LogP contribution in [0, 0.1) is 6.92 Å². The minimum atomic E-state index is -0.386. The number of hydrogen-bond donors (Lipinski definition) is 1. The molecule has 4 rings (SSSR count). The van der Waals surface area contributed by atoms with Crippen molar-refractivity contribution in [3.63, 3.8) is 0 Å². The molecule has 34 heavy (non-hydrogen) atoms. The van der Waals surface area contributed by atoms with Crippen molar-refractivity contribution in [2.24, 2.45) is 0 Å². The predicted molar refractivity (Wildman–Crippen MR) is 133 cm³/mol. The van der Waals surface area contributed by atoms with Gasteiger partial charge in [0.05, 0.1) is 16.7 Å². The van der Waals surface area contributed by atoms with E-state index in [9.17, 15) is 9.59 Å². The van der Waals surface area contributed by atoms with Crippen molar-refractivity contribution in [1.29, 1.82) is 0 Å². The molecule has 9 heteroatoms. The number of nitrogens with zero attached hydrogens (tertiary/aromatic N) is 2. The Hall–Kier alpha value is -2.84. The van der Waals surface area contributed by atoms with Crippen molar-refractivity contribution in [2.75, 3.05) is 5.32 Å². The zero-order valence-electron chi connectivity index (χ0n) is 19.5. The fraction of sp³-hybridized carbons (Fsp3) is 0.400. The lowest BCUT2D eigenvalue weighted by Gasteiger charge is -2.15. The first-order chi connectivity index (χ1) is 16.4. The van der Waals surface area contributed by atoms with Crippen LogP contribution in [0.2, 0.25) is 5.02 Å². The molecule has 1 aliphatic carbocycles. The third-order valence-corrected chi connectivity index (χ3v) is 7.32. The van der Waals surface area contributed by atoms with E-state index in [4.69, 9.17) is 21.1 Å². The maximum absolute atomic E-state index is 13.0. The van der Waals surface area contributed by atoms with Gasteiger partial charge in [0.1, 0.15) is 10.8 Å². The molecule has 1 unspecified atom stereocenters.